The summed E-state index contributed by atoms with van der Waals surface area (Å²) >= 11 is 7.46. The van der Waals surface area contributed by atoms with E-state index in [4.69, 9.17) is 20.4 Å². The summed E-state index contributed by atoms with van der Waals surface area (Å²) in [5.41, 5.74) is 2.52. The van der Waals surface area contributed by atoms with Crippen molar-refractivity contribution >= 4 is 34.5 Å². The fraction of sp³-hybridized carbons (Fsp3) is 0.357. The van der Waals surface area contributed by atoms with Crippen LogP contribution in [0.2, 0.25) is 5.02 Å². The van der Waals surface area contributed by atoms with Crippen LogP contribution in [0, 0.1) is 6.92 Å². The van der Waals surface area contributed by atoms with Crippen LogP contribution in [0.5, 0.6) is 0 Å². The maximum atomic E-state index is 6.02. The summed E-state index contributed by atoms with van der Waals surface area (Å²) in [6.07, 6.45) is 2.31. The van der Waals surface area contributed by atoms with E-state index in [1.807, 2.05) is 13.0 Å². The predicted molar refractivity (Wildman–Crippen MR) is 79.6 cm³/mol. The van der Waals surface area contributed by atoms with Crippen molar-refractivity contribution in [1.29, 1.82) is 0 Å². The van der Waals surface area contributed by atoms with E-state index >= 15 is 0 Å². The van der Waals surface area contributed by atoms with Crippen molar-refractivity contribution in [1.82, 2.24) is 15.2 Å². The molecule has 0 bridgehead atoms. The quantitative estimate of drug-likeness (QED) is 0.666. The van der Waals surface area contributed by atoms with Gasteiger partial charge in [-0.25, -0.2) is 4.98 Å². The van der Waals surface area contributed by atoms with Gasteiger partial charge in [-0.05, 0) is 37.5 Å². The lowest BCUT2D eigenvalue weighted by atomic mass is 10.2. The van der Waals surface area contributed by atoms with Crippen molar-refractivity contribution in [2.24, 2.45) is 0 Å². The normalized spacial score (nSPS) is 15.0. The Morgan fingerprint density at radius 3 is 2.95 bits per heavy atom. The molecule has 0 spiro atoms. The first-order chi connectivity index (χ1) is 10.2. The molecule has 21 heavy (non-hydrogen) atoms. The Morgan fingerprint density at radius 1 is 1.29 bits per heavy atom. The number of nitrogens with zero attached hydrogens (tertiary/aromatic N) is 3. The molecule has 0 saturated heterocycles. The molecule has 0 N–H and O–H groups in total. The maximum Gasteiger partial charge on any atom is 0.257 e. The number of aryl methyl sites for hydroxylation is 1. The van der Waals surface area contributed by atoms with Crippen molar-refractivity contribution in [3.05, 3.63) is 34.5 Å². The summed E-state index contributed by atoms with van der Waals surface area (Å²) in [7, 11) is 0. The highest BCUT2D eigenvalue weighted by Crippen LogP contribution is 2.39. The van der Waals surface area contributed by atoms with Crippen LogP contribution >= 0.6 is 23.4 Å². The molecule has 2 heterocycles. The fourth-order valence-corrected chi connectivity index (χ4v) is 3.08. The van der Waals surface area contributed by atoms with Gasteiger partial charge in [0.1, 0.15) is 5.52 Å². The number of halogens is 1. The SMILES string of the molecule is Cc1cc(Cl)cc2nc(SCc3nnc(C4CC4)o3)oc12. The Bertz CT molecular complexity index is 810. The summed E-state index contributed by atoms with van der Waals surface area (Å²) in [5.74, 6) is 2.40. The van der Waals surface area contributed by atoms with Crippen LogP contribution in [0.1, 0.15) is 36.1 Å². The van der Waals surface area contributed by atoms with Crippen LogP contribution in [-0.2, 0) is 5.75 Å². The molecule has 0 unspecified atom stereocenters. The summed E-state index contributed by atoms with van der Waals surface area (Å²) in [5, 5.41) is 9.36. The van der Waals surface area contributed by atoms with E-state index in [0.29, 0.717) is 27.8 Å². The predicted octanol–water partition coefficient (Wildman–Crippen LogP) is 4.34. The molecule has 2 aromatic heterocycles. The Morgan fingerprint density at radius 2 is 2.14 bits per heavy atom. The molecular weight excluding hydrogens is 310 g/mol. The van der Waals surface area contributed by atoms with Gasteiger partial charge in [-0.1, -0.05) is 23.4 Å². The molecule has 0 aliphatic heterocycles. The van der Waals surface area contributed by atoms with E-state index in [1.165, 1.54) is 11.8 Å². The van der Waals surface area contributed by atoms with Crippen LogP contribution in [0.4, 0.5) is 0 Å². The van der Waals surface area contributed by atoms with Crippen molar-refractivity contribution in [2.75, 3.05) is 0 Å². The maximum absolute atomic E-state index is 6.02. The monoisotopic (exact) mass is 321 g/mol. The largest absolute Gasteiger partial charge is 0.431 e. The summed E-state index contributed by atoms with van der Waals surface area (Å²) < 4.78 is 11.4. The molecule has 0 amide bonds. The number of hydrogen-bond donors (Lipinski definition) is 0. The van der Waals surface area contributed by atoms with Gasteiger partial charge in [0.25, 0.3) is 5.22 Å². The number of thioether (sulfide) groups is 1. The third kappa shape index (κ3) is 2.65. The van der Waals surface area contributed by atoms with Crippen molar-refractivity contribution < 1.29 is 8.83 Å². The van der Waals surface area contributed by atoms with E-state index in [0.717, 1.165) is 35.4 Å². The number of benzene rings is 1. The van der Waals surface area contributed by atoms with Crippen LogP contribution < -0.4 is 0 Å². The first kappa shape index (κ1) is 13.2. The van der Waals surface area contributed by atoms with Gasteiger partial charge in [-0.3, -0.25) is 0 Å². The molecule has 108 valence electrons. The highest BCUT2D eigenvalue weighted by molar-refractivity contribution is 7.98. The molecule has 5 nitrogen and oxygen atoms in total. The highest BCUT2D eigenvalue weighted by atomic mass is 35.5. The van der Waals surface area contributed by atoms with E-state index in [1.54, 1.807) is 6.07 Å². The van der Waals surface area contributed by atoms with Crippen LogP contribution in [0.3, 0.4) is 0 Å². The molecule has 1 aromatic carbocycles. The minimum Gasteiger partial charge on any atom is -0.431 e. The first-order valence-corrected chi connectivity index (χ1v) is 8.07. The molecule has 1 saturated carbocycles. The average Bonchev–Trinajstić information content (AvgIpc) is 3.04. The van der Waals surface area contributed by atoms with Crippen molar-refractivity contribution in [3.8, 4) is 0 Å². The third-order valence-electron chi connectivity index (χ3n) is 3.35. The molecular formula is C14H12ClN3O2S. The highest BCUT2D eigenvalue weighted by Gasteiger charge is 2.29. The molecule has 0 radical (unpaired) electrons. The van der Waals surface area contributed by atoms with Gasteiger partial charge in [-0.2, -0.15) is 0 Å². The fourth-order valence-electron chi connectivity index (χ4n) is 2.14. The minimum atomic E-state index is 0.477. The smallest absolute Gasteiger partial charge is 0.257 e. The average molecular weight is 322 g/mol. The zero-order valence-corrected chi connectivity index (χ0v) is 12.9. The molecule has 0 atom stereocenters. The summed E-state index contributed by atoms with van der Waals surface area (Å²) in [4.78, 5) is 4.43. The van der Waals surface area contributed by atoms with Gasteiger partial charge in [0.2, 0.25) is 11.8 Å². The topological polar surface area (TPSA) is 65.0 Å². The van der Waals surface area contributed by atoms with E-state index in [-0.39, 0.29) is 0 Å². The zero-order chi connectivity index (χ0) is 14.4. The Labute approximate surface area is 130 Å². The molecule has 7 heteroatoms. The number of fused-ring (bicyclic) bond motifs is 1. The van der Waals surface area contributed by atoms with Gasteiger partial charge >= 0.3 is 0 Å². The molecule has 1 fully saturated rings. The van der Waals surface area contributed by atoms with E-state index in [2.05, 4.69) is 15.2 Å². The lowest BCUT2D eigenvalue weighted by molar-refractivity contribution is 0.463. The second-order valence-corrected chi connectivity index (χ2v) is 6.51. The second-order valence-electron chi connectivity index (χ2n) is 5.15. The van der Waals surface area contributed by atoms with Gasteiger partial charge < -0.3 is 8.83 Å². The molecule has 1 aliphatic rings. The van der Waals surface area contributed by atoms with Crippen LogP contribution in [0.15, 0.2) is 26.2 Å². The third-order valence-corrected chi connectivity index (χ3v) is 4.38. The minimum absolute atomic E-state index is 0.477. The van der Waals surface area contributed by atoms with Crippen molar-refractivity contribution in [3.63, 3.8) is 0 Å². The first-order valence-electron chi connectivity index (χ1n) is 6.71. The Balaban J connectivity index is 1.52. The number of aromatic nitrogens is 3. The van der Waals surface area contributed by atoms with Crippen molar-refractivity contribution in [2.45, 2.75) is 36.7 Å². The lowest BCUT2D eigenvalue weighted by Crippen LogP contribution is -1.80. The van der Waals surface area contributed by atoms with Gasteiger partial charge in [0, 0.05) is 10.9 Å². The number of rotatable bonds is 4. The van der Waals surface area contributed by atoms with E-state index in [9.17, 15) is 0 Å². The molecule has 3 aromatic rings. The van der Waals surface area contributed by atoms with Gasteiger partial charge in [0.15, 0.2) is 5.58 Å². The lowest BCUT2D eigenvalue weighted by Gasteiger charge is -1.93. The number of oxazole rings is 1. The van der Waals surface area contributed by atoms with Crippen LogP contribution in [0.25, 0.3) is 11.1 Å². The summed E-state index contributed by atoms with van der Waals surface area (Å²) in [6.45, 7) is 1.95. The van der Waals surface area contributed by atoms with E-state index < -0.39 is 0 Å². The molecule has 4 rings (SSSR count). The Kier molecular flexibility index (Phi) is 3.15. The van der Waals surface area contributed by atoms with Gasteiger partial charge in [0.05, 0.1) is 5.75 Å². The Hall–Kier alpha value is -1.53. The number of hydrogen-bond acceptors (Lipinski definition) is 6. The standard InChI is InChI=1S/C14H12ClN3O2S/c1-7-4-9(15)5-10-12(7)20-14(16-10)21-6-11-17-18-13(19-11)8-2-3-8/h4-5,8H,2-3,6H2,1H3. The zero-order valence-electron chi connectivity index (χ0n) is 11.3. The molecule has 1 aliphatic carbocycles. The summed E-state index contributed by atoms with van der Waals surface area (Å²) in [6, 6.07) is 3.67. The van der Waals surface area contributed by atoms with Gasteiger partial charge in [-0.15, -0.1) is 10.2 Å². The second kappa shape index (κ2) is 5.03. The van der Waals surface area contributed by atoms with Crippen LogP contribution in [-0.4, -0.2) is 15.2 Å².